The first-order valence-corrected chi connectivity index (χ1v) is 32.3. The van der Waals surface area contributed by atoms with Gasteiger partial charge in [0.2, 0.25) is 41.4 Å². The van der Waals surface area contributed by atoms with Crippen molar-refractivity contribution in [3.8, 4) is 0 Å². The zero-order valence-electron chi connectivity index (χ0n) is 53.5. The molecule has 1 aromatic carbocycles. The zero-order valence-corrected chi connectivity index (χ0v) is 54.4. The summed E-state index contributed by atoms with van der Waals surface area (Å²) in [4.78, 5) is 109. The van der Waals surface area contributed by atoms with E-state index in [1.54, 1.807) is 4.57 Å². The quantitative estimate of drug-likeness (QED) is 0.0599. The van der Waals surface area contributed by atoms with E-state index in [0.717, 1.165) is 22.4 Å². The average molecular weight is 1280 g/mol. The van der Waals surface area contributed by atoms with Gasteiger partial charge in [0, 0.05) is 108 Å². The molecule has 6 aliphatic heterocycles. The summed E-state index contributed by atoms with van der Waals surface area (Å²) in [7, 11) is -5.06. The number of hydrogen-bond donors (Lipinski definition) is 14. The molecule has 20 N–H and O–H groups in total. The number of hydrogen-bond acceptors (Lipinski definition) is 18. The van der Waals surface area contributed by atoms with Crippen LogP contribution in [0.1, 0.15) is 150 Å². The number of phosphoric ester groups is 1. The summed E-state index contributed by atoms with van der Waals surface area (Å²) in [5.41, 5.74) is 38.4. The molecule has 8 bridgehead atoms. The van der Waals surface area contributed by atoms with Crippen LogP contribution in [-0.4, -0.2) is 127 Å². The highest BCUT2D eigenvalue weighted by molar-refractivity contribution is 7.47. The Kier molecular flexibility index (Phi) is 19.7. The third kappa shape index (κ3) is 13.0. The molecule has 16 atom stereocenters. The molecule has 4 fully saturated rings. The molecule has 496 valence electrons. The minimum atomic E-state index is -5.06. The zero-order chi connectivity index (χ0) is 66.7. The Morgan fingerprint density at radius 2 is 1.41 bits per heavy atom. The number of amides is 7. The maximum absolute atomic E-state index is 14.4. The Balaban J connectivity index is 1.18. The summed E-state index contributed by atoms with van der Waals surface area (Å²) >= 11 is 0. The molecule has 27 nitrogen and oxygen atoms in total. The first kappa shape index (κ1) is 69.0. The van der Waals surface area contributed by atoms with Gasteiger partial charge >= 0.3 is 7.82 Å². The van der Waals surface area contributed by atoms with Crippen LogP contribution >= 0.6 is 7.82 Å². The molecular formula is C62H94N13O14P. The molecule has 1 aromatic heterocycles. The lowest BCUT2D eigenvalue weighted by atomic mass is 9.58. The SMILES string of the molecule is C/C1=C2/NC(/C=C3\NC(/C(C)=C4\N[C@H]([C@H](CC(N)=O)[C@@]4(C)CCC(=O)NCC(C)OP(=O)(O)O[C@H]4[C@@H](O)[C@@H](n5cnc6cc(C)c(C)cc65)O[C@@H]4CO)[C@]4(C)NC1=C(CCC(N)=O)[C@]4(C)CC(N)=O)[C@@H](CCC(N)=O)C3(C)C)[C@@H](CCC(N)=O)[C@]2(C)CC(N)=O. The highest BCUT2D eigenvalue weighted by Crippen LogP contribution is 2.62. The van der Waals surface area contributed by atoms with Crippen LogP contribution in [-0.2, 0) is 51.9 Å². The number of carbonyl (C=O) groups is 7. The normalized spacial score (nSPS) is 35.0. The number of aromatic nitrogens is 2. The standard InChI is InChI=1S/C62H94N13O14P/c1-29-20-39-40(21-30(29)2)75(28-70-39)57-52(84)53(41(27-76)87-57)89-90(85,86)88-31(3)26-69-49(83)18-19-59(8)37(22-46(66)80)56-62(11)61(10,25-48(68)82)36(14-17-45(65)79)51(74-62)33(5)55-60(9,24-47(67)81)34(12-15-43(63)77)38(71-55)23-42-58(6,7)35(13-16-44(64)78)50(72-42)32(4)54(59)73-56/h20-21,23,28,31,34-35,37-38,41,50,52-53,56-57,71-74,76,84H,12-19,22,24-27H2,1-11H3,(H2,63,77)(H2,64,78)(H2,65,79)(H2,66,80)(H2,67,81)(H2,68,82)(H,69,83)(H,85,86)/b42-23-,54-32-,55-33-/t31?,34-,35-,37+,38?,41-,50?,52-,53-,56-,57+,59-,60+,61+,62+/m1/s1. The molecule has 7 heterocycles. The van der Waals surface area contributed by atoms with Gasteiger partial charge in [-0.2, -0.15) is 0 Å². The molecule has 4 saturated heterocycles. The van der Waals surface area contributed by atoms with Crippen LogP contribution in [0.25, 0.3) is 11.0 Å². The number of nitrogens with two attached hydrogens (primary N) is 6. The molecule has 8 rings (SSSR count). The summed E-state index contributed by atoms with van der Waals surface area (Å²) in [5.74, 6) is -5.78. The fourth-order valence-electron chi connectivity index (χ4n) is 16.0. The Morgan fingerprint density at radius 1 is 0.789 bits per heavy atom. The number of aliphatic hydroxyl groups excluding tert-OH is 2. The van der Waals surface area contributed by atoms with Gasteiger partial charge in [-0.1, -0.05) is 34.6 Å². The Labute approximate surface area is 524 Å². The first-order chi connectivity index (χ1) is 41.8. The number of allylic oxidation sites excluding steroid dienone is 4. The molecule has 6 aliphatic rings. The van der Waals surface area contributed by atoms with E-state index in [2.05, 4.69) is 51.5 Å². The minimum Gasteiger partial charge on any atom is -0.394 e. The van der Waals surface area contributed by atoms with Crippen molar-refractivity contribution in [3.63, 3.8) is 0 Å². The van der Waals surface area contributed by atoms with E-state index in [1.807, 2.05) is 67.5 Å². The first-order valence-electron chi connectivity index (χ1n) is 30.8. The van der Waals surface area contributed by atoms with Crippen molar-refractivity contribution in [2.45, 2.75) is 201 Å². The molecule has 28 heteroatoms. The van der Waals surface area contributed by atoms with Crippen molar-refractivity contribution in [1.29, 1.82) is 0 Å². The van der Waals surface area contributed by atoms with E-state index in [4.69, 9.17) is 48.2 Å². The van der Waals surface area contributed by atoms with Crippen LogP contribution in [0.15, 0.2) is 64.0 Å². The van der Waals surface area contributed by atoms with Crippen molar-refractivity contribution in [2.24, 2.45) is 73.8 Å². The molecule has 2 aromatic rings. The highest BCUT2D eigenvalue weighted by Gasteiger charge is 2.66. The van der Waals surface area contributed by atoms with E-state index in [1.165, 1.54) is 13.3 Å². The van der Waals surface area contributed by atoms with Gasteiger partial charge in [0.25, 0.3) is 0 Å². The lowest BCUT2D eigenvalue weighted by Crippen LogP contribution is -2.64. The predicted molar refractivity (Wildman–Crippen MR) is 332 cm³/mol. The van der Waals surface area contributed by atoms with E-state index in [0.29, 0.717) is 45.7 Å². The van der Waals surface area contributed by atoms with E-state index < -0.39 is 144 Å². The summed E-state index contributed by atoms with van der Waals surface area (Å²) in [5, 5.41) is 40.0. The predicted octanol–water partition coefficient (Wildman–Crippen LogP) is 1.98. The summed E-state index contributed by atoms with van der Waals surface area (Å²) in [6, 6.07) is 1.78. The Bertz CT molecular complexity index is 3420. The largest absolute Gasteiger partial charge is 0.472 e. The molecular weight excluding hydrogens is 1180 g/mol. The highest BCUT2D eigenvalue weighted by atomic mass is 31.2. The number of fused-ring (bicyclic) bond motifs is 10. The van der Waals surface area contributed by atoms with Crippen LogP contribution in [0.5, 0.6) is 0 Å². The van der Waals surface area contributed by atoms with Crippen LogP contribution in [0.4, 0.5) is 0 Å². The van der Waals surface area contributed by atoms with Gasteiger partial charge < -0.3 is 85.4 Å². The van der Waals surface area contributed by atoms with E-state index in [-0.39, 0.29) is 76.7 Å². The molecule has 90 heavy (non-hydrogen) atoms. The lowest BCUT2D eigenvalue weighted by Gasteiger charge is -2.49. The molecule has 0 radical (unpaired) electrons. The van der Waals surface area contributed by atoms with E-state index >= 15 is 0 Å². The number of imidazole rings is 1. The second-order valence-electron chi connectivity index (χ2n) is 27.4. The van der Waals surface area contributed by atoms with Gasteiger partial charge in [-0.05, 0) is 125 Å². The number of benzene rings is 1. The monoisotopic (exact) mass is 1280 g/mol. The minimum absolute atomic E-state index is 0.0195. The lowest BCUT2D eigenvalue weighted by molar-refractivity contribution is -0.123. The molecule has 0 saturated carbocycles. The summed E-state index contributed by atoms with van der Waals surface area (Å²) < 4.78 is 32.3. The van der Waals surface area contributed by atoms with Crippen molar-refractivity contribution >= 4 is 60.2 Å². The third-order valence-electron chi connectivity index (χ3n) is 21.1. The smallest absolute Gasteiger partial charge is 0.394 e. The van der Waals surface area contributed by atoms with Crippen molar-refractivity contribution in [2.75, 3.05) is 13.2 Å². The molecule has 0 spiro atoms. The van der Waals surface area contributed by atoms with Crippen molar-refractivity contribution in [3.05, 3.63) is 75.2 Å². The molecule has 4 unspecified atom stereocenters. The number of nitrogens with zero attached hydrogens (tertiary/aromatic N) is 2. The fourth-order valence-corrected chi connectivity index (χ4v) is 17.2. The number of phosphoric acid groups is 1. The summed E-state index contributed by atoms with van der Waals surface area (Å²) in [6.45, 7) is 19.9. The van der Waals surface area contributed by atoms with Gasteiger partial charge in [-0.25, -0.2) is 9.55 Å². The Morgan fingerprint density at radius 3 is 2.01 bits per heavy atom. The second kappa shape index (κ2) is 25.7. The summed E-state index contributed by atoms with van der Waals surface area (Å²) in [6.07, 6.45) is -3.53. The van der Waals surface area contributed by atoms with Gasteiger partial charge in [0.1, 0.15) is 18.3 Å². The maximum atomic E-state index is 14.4. The van der Waals surface area contributed by atoms with Crippen molar-refractivity contribution in [1.82, 2.24) is 36.1 Å². The molecule has 0 aliphatic carbocycles. The Hall–Kier alpha value is -6.87. The van der Waals surface area contributed by atoms with E-state index in [9.17, 15) is 53.2 Å². The molecule has 7 amide bonds. The van der Waals surface area contributed by atoms with Crippen molar-refractivity contribution < 1.29 is 67.0 Å². The number of aryl methyl sites for hydroxylation is 2. The number of aliphatic hydroxyl groups is 2. The maximum Gasteiger partial charge on any atom is 0.472 e. The van der Waals surface area contributed by atoms with Gasteiger partial charge in [0.15, 0.2) is 6.23 Å². The number of carbonyl (C=O) groups excluding carboxylic acids is 7. The number of ether oxygens (including phenoxy) is 1. The van der Waals surface area contributed by atoms with Crippen LogP contribution in [0.3, 0.4) is 0 Å². The van der Waals surface area contributed by atoms with Gasteiger partial charge in [-0.15, -0.1) is 0 Å². The fraction of sp³-hybridized carbons (Fsp3) is 0.645. The second-order valence-corrected chi connectivity index (χ2v) is 28.8. The van der Waals surface area contributed by atoms with Gasteiger partial charge in [0.05, 0.1) is 47.7 Å². The third-order valence-corrected chi connectivity index (χ3v) is 22.3. The number of rotatable bonds is 26. The number of nitrogens with one attached hydrogen (secondary N) is 5. The van der Waals surface area contributed by atoms with Crippen LogP contribution < -0.4 is 61.0 Å². The van der Waals surface area contributed by atoms with Gasteiger partial charge in [-0.3, -0.25) is 42.6 Å². The van der Waals surface area contributed by atoms with Crippen LogP contribution in [0, 0.1) is 53.3 Å². The number of primary amides is 6. The average Bonchev–Trinajstić information content (AvgIpc) is 1.53. The topological polar surface area (TPSA) is 459 Å². The van der Waals surface area contributed by atoms with Crippen LogP contribution in [0.2, 0.25) is 0 Å².